The minimum atomic E-state index is 0.0541. The first-order valence-corrected chi connectivity index (χ1v) is 5.57. The van der Waals surface area contributed by atoms with E-state index in [-0.39, 0.29) is 5.91 Å². The fourth-order valence-corrected chi connectivity index (χ4v) is 1.40. The van der Waals surface area contributed by atoms with Crippen molar-refractivity contribution < 1.29 is 9.53 Å². The van der Waals surface area contributed by atoms with E-state index in [1.165, 1.54) is 0 Å². The largest absolute Gasteiger partial charge is 0.397 e. The predicted molar refractivity (Wildman–Crippen MR) is 66.5 cm³/mol. The number of carbonyl (C=O) groups is 1. The van der Waals surface area contributed by atoms with Gasteiger partial charge in [0.15, 0.2) is 0 Å². The van der Waals surface area contributed by atoms with Crippen molar-refractivity contribution in [2.45, 2.75) is 12.8 Å². The number of ether oxygens (including phenoxy) is 1. The van der Waals surface area contributed by atoms with Gasteiger partial charge in [0.2, 0.25) is 5.91 Å². The number of aromatic nitrogens is 1. The molecule has 0 atom stereocenters. The van der Waals surface area contributed by atoms with Crippen LogP contribution >= 0.6 is 0 Å². The number of carbonyl (C=O) groups excluding carboxylic acids is 1. The van der Waals surface area contributed by atoms with Crippen LogP contribution in [0.25, 0.3) is 0 Å². The normalized spacial score (nSPS) is 10.2. The monoisotopic (exact) mass is 237 g/mol. The van der Waals surface area contributed by atoms with Gasteiger partial charge in [0.05, 0.1) is 18.3 Å². The average Bonchev–Trinajstić information content (AvgIpc) is 2.32. The van der Waals surface area contributed by atoms with Crippen molar-refractivity contribution in [2.75, 3.05) is 33.0 Å². The standard InChI is InChI=1S/C12H19N3O2/c1-15(6-3-7-17-2)12(16)8-11-5-4-10(13)9-14-11/h4-5,9H,3,6-8,13H2,1-2H3. The summed E-state index contributed by atoms with van der Waals surface area (Å²) in [5, 5.41) is 0. The molecular weight excluding hydrogens is 218 g/mol. The van der Waals surface area contributed by atoms with E-state index < -0.39 is 0 Å². The van der Waals surface area contributed by atoms with E-state index in [1.807, 2.05) is 0 Å². The Morgan fingerprint density at radius 1 is 1.53 bits per heavy atom. The molecule has 0 fully saturated rings. The molecule has 1 aromatic heterocycles. The molecular formula is C12H19N3O2. The third-order valence-electron chi connectivity index (χ3n) is 2.45. The first-order valence-electron chi connectivity index (χ1n) is 5.57. The lowest BCUT2D eigenvalue weighted by molar-refractivity contribution is -0.129. The summed E-state index contributed by atoms with van der Waals surface area (Å²) < 4.78 is 4.94. The van der Waals surface area contributed by atoms with E-state index in [1.54, 1.807) is 37.4 Å². The van der Waals surface area contributed by atoms with Crippen molar-refractivity contribution in [3.05, 3.63) is 24.0 Å². The zero-order valence-corrected chi connectivity index (χ0v) is 10.3. The molecule has 0 spiro atoms. The molecule has 0 aromatic carbocycles. The van der Waals surface area contributed by atoms with Crippen LogP contribution < -0.4 is 5.73 Å². The van der Waals surface area contributed by atoms with Gasteiger partial charge in [0.25, 0.3) is 0 Å². The Hall–Kier alpha value is -1.62. The molecule has 0 unspecified atom stereocenters. The SMILES string of the molecule is COCCCN(C)C(=O)Cc1ccc(N)cn1. The predicted octanol–water partition coefficient (Wildman–Crippen LogP) is 0.701. The smallest absolute Gasteiger partial charge is 0.228 e. The lowest BCUT2D eigenvalue weighted by atomic mass is 10.2. The van der Waals surface area contributed by atoms with Gasteiger partial charge >= 0.3 is 0 Å². The van der Waals surface area contributed by atoms with Crippen LogP contribution in [-0.4, -0.2) is 43.1 Å². The van der Waals surface area contributed by atoms with E-state index in [4.69, 9.17) is 10.5 Å². The number of hydrogen-bond donors (Lipinski definition) is 1. The van der Waals surface area contributed by atoms with Crippen LogP contribution in [0.5, 0.6) is 0 Å². The van der Waals surface area contributed by atoms with Crippen molar-refractivity contribution in [1.29, 1.82) is 0 Å². The molecule has 94 valence electrons. The van der Waals surface area contributed by atoms with Gasteiger partial charge in [-0.05, 0) is 18.6 Å². The van der Waals surface area contributed by atoms with Crippen LogP contribution in [0, 0.1) is 0 Å². The molecule has 5 nitrogen and oxygen atoms in total. The number of methoxy groups -OCH3 is 1. The fourth-order valence-electron chi connectivity index (χ4n) is 1.40. The number of pyridine rings is 1. The summed E-state index contributed by atoms with van der Waals surface area (Å²) in [7, 11) is 3.44. The first kappa shape index (κ1) is 13.4. The Kier molecular flexibility index (Phi) is 5.42. The number of nitrogens with zero attached hydrogens (tertiary/aromatic N) is 2. The van der Waals surface area contributed by atoms with Gasteiger partial charge in [-0.2, -0.15) is 0 Å². The summed E-state index contributed by atoms with van der Waals surface area (Å²) >= 11 is 0. The number of nitrogens with two attached hydrogens (primary N) is 1. The molecule has 0 aliphatic heterocycles. The topological polar surface area (TPSA) is 68.5 Å². The number of anilines is 1. The van der Waals surface area contributed by atoms with Crippen molar-refractivity contribution in [3.63, 3.8) is 0 Å². The summed E-state index contributed by atoms with van der Waals surface area (Å²) in [6.45, 7) is 1.36. The van der Waals surface area contributed by atoms with Crippen molar-refractivity contribution in [1.82, 2.24) is 9.88 Å². The first-order chi connectivity index (χ1) is 8.13. The highest BCUT2D eigenvalue weighted by Gasteiger charge is 2.09. The van der Waals surface area contributed by atoms with Crippen LogP contribution in [0.1, 0.15) is 12.1 Å². The Labute approximate surface area is 102 Å². The summed E-state index contributed by atoms with van der Waals surface area (Å²) in [4.78, 5) is 17.6. The molecule has 0 bridgehead atoms. The zero-order valence-electron chi connectivity index (χ0n) is 10.3. The number of likely N-dealkylation sites (N-methyl/N-ethyl adjacent to an activating group) is 1. The maximum Gasteiger partial charge on any atom is 0.228 e. The minimum absolute atomic E-state index is 0.0541. The van der Waals surface area contributed by atoms with E-state index in [2.05, 4.69) is 4.98 Å². The van der Waals surface area contributed by atoms with Gasteiger partial charge in [-0.25, -0.2) is 0 Å². The van der Waals surface area contributed by atoms with Crippen LogP contribution in [-0.2, 0) is 16.0 Å². The highest BCUT2D eigenvalue weighted by molar-refractivity contribution is 5.78. The highest BCUT2D eigenvalue weighted by Crippen LogP contribution is 2.03. The van der Waals surface area contributed by atoms with E-state index >= 15 is 0 Å². The second-order valence-electron chi connectivity index (χ2n) is 3.92. The van der Waals surface area contributed by atoms with Crippen LogP contribution in [0.15, 0.2) is 18.3 Å². The molecule has 0 aliphatic rings. The molecule has 1 amide bonds. The van der Waals surface area contributed by atoms with Crippen molar-refractivity contribution >= 4 is 11.6 Å². The van der Waals surface area contributed by atoms with Crippen LogP contribution in [0.4, 0.5) is 5.69 Å². The van der Waals surface area contributed by atoms with E-state index in [0.29, 0.717) is 25.3 Å². The van der Waals surface area contributed by atoms with Gasteiger partial charge in [0, 0.05) is 33.0 Å². The Balaban J connectivity index is 2.40. The Bertz CT molecular complexity index is 351. The summed E-state index contributed by atoms with van der Waals surface area (Å²) in [6, 6.07) is 3.52. The maximum absolute atomic E-state index is 11.8. The minimum Gasteiger partial charge on any atom is -0.397 e. The molecule has 1 rings (SSSR count). The lowest BCUT2D eigenvalue weighted by Gasteiger charge is -2.16. The number of amides is 1. The maximum atomic E-state index is 11.8. The van der Waals surface area contributed by atoms with Crippen molar-refractivity contribution in [2.24, 2.45) is 0 Å². The Morgan fingerprint density at radius 2 is 2.29 bits per heavy atom. The molecule has 0 saturated carbocycles. The number of rotatable bonds is 6. The quantitative estimate of drug-likeness (QED) is 0.739. The van der Waals surface area contributed by atoms with Gasteiger partial charge in [-0.15, -0.1) is 0 Å². The number of hydrogen-bond acceptors (Lipinski definition) is 4. The second kappa shape index (κ2) is 6.85. The van der Waals surface area contributed by atoms with Crippen LogP contribution in [0.2, 0.25) is 0 Å². The second-order valence-corrected chi connectivity index (χ2v) is 3.92. The molecule has 2 N–H and O–H groups in total. The summed E-state index contributed by atoms with van der Waals surface area (Å²) in [6.07, 6.45) is 2.71. The van der Waals surface area contributed by atoms with E-state index in [0.717, 1.165) is 12.1 Å². The molecule has 0 saturated heterocycles. The summed E-state index contributed by atoms with van der Waals surface area (Å²) in [5.74, 6) is 0.0541. The van der Waals surface area contributed by atoms with Crippen LogP contribution in [0.3, 0.4) is 0 Å². The lowest BCUT2D eigenvalue weighted by Crippen LogP contribution is -2.30. The Morgan fingerprint density at radius 3 is 2.88 bits per heavy atom. The molecule has 1 aromatic rings. The number of nitrogen functional groups attached to an aromatic ring is 1. The molecule has 5 heteroatoms. The van der Waals surface area contributed by atoms with Gasteiger partial charge in [-0.1, -0.05) is 0 Å². The van der Waals surface area contributed by atoms with Gasteiger partial charge < -0.3 is 15.4 Å². The fraction of sp³-hybridized carbons (Fsp3) is 0.500. The molecule has 1 heterocycles. The van der Waals surface area contributed by atoms with Crippen molar-refractivity contribution in [3.8, 4) is 0 Å². The molecule has 17 heavy (non-hydrogen) atoms. The molecule has 0 radical (unpaired) electrons. The molecule has 0 aliphatic carbocycles. The zero-order chi connectivity index (χ0) is 12.7. The third kappa shape index (κ3) is 4.82. The third-order valence-corrected chi connectivity index (χ3v) is 2.45. The van der Waals surface area contributed by atoms with Gasteiger partial charge in [0.1, 0.15) is 0 Å². The average molecular weight is 237 g/mol. The van der Waals surface area contributed by atoms with Gasteiger partial charge in [-0.3, -0.25) is 9.78 Å². The highest BCUT2D eigenvalue weighted by atomic mass is 16.5. The van der Waals surface area contributed by atoms with E-state index in [9.17, 15) is 4.79 Å². The summed E-state index contributed by atoms with van der Waals surface area (Å²) in [5.41, 5.74) is 6.87.